The van der Waals surface area contributed by atoms with Crippen LogP contribution < -0.4 is 16.0 Å². The molecule has 0 aliphatic rings. The van der Waals surface area contributed by atoms with Crippen LogP contribution in [0, 0.1) is 0 Å². The lowest BCUT2D eigenvalue weighted by molar-refractivity contribution is -0.121. The molecule has 0 aromatic heterocycles. The Morgan fingerprint density at radius 3 is 2.45 bits per heavy atom. The molecule has 5 heteroatoms. The average molecular weight is 304 g/mol. The van der Waals surface area contributed by atoms with E-state index in [-0.39, 0.29) is 11.9 Å². The van der Waals surface area contributed by atoms with Crippen molar-refractivity contribution >= 4 is 11.9 Å². The Morgan fingerprint density at radius 2 is 1.82 bits per heavy atom. The summed E-state index contributed by atoms with van der Waals surface area (Å²) in [6.45, 7) is 5.35. The molecule has 0 heterocycles. The van der Waals surface area contributed by atoms with Gasteiger partial charge in [-0.3, -0.25) is 9.79 Å². The fourth-order valence-corrected chi connectivity index (χ4v) is 2.05. The van der Waals surface area contributed by atoms with E-state index in [9.17, 15) is 4.79 Å². The predicted octanol–water partition coefficient (Wildman–Crippen LogP) is 1.70. The minimum Gasteiger partial charge on any atom is -0.356 e. The Balaban J connectivity index is 2.13. The lowest BCUT2D eigenvalue weighted by Gasteiger charge is -2.12. The smallest absolute Gasteiger partial charge is 0.221 e. The van der Waals surface area contributed by atoms with Crippen LogP contribution in [0.2, 0.25) is 0 Å². The number of rotatable bonds is 8. The Hall–Kier alpha value is -2.04. The van der Waals surface area contributed by atoms with Crippen molar-refractivity contribution in [2.24, 2.45) is 4.99 Å². The van der Waals surface area contributed by atoms with Gasteiger partial charge in [0, 0.05) is 32.6 Å². The molecule has 1 rings (SSSR count). The summed E-state index contributed by atoms with van der Waals surface area (Å²) in [5.74, 6) is 0.799. The summed E-state index contributed by atoms with van der Waals surface area (Å²) in [6, 6.07) is 10.6. The second kappa shape index (κ2) is 10.7. The summed E-state index contributed by atoms with van der Waals surface area (Å²) in [5, 5.41) is 9.28. The molecule has 0 radical (unpaired) electrons. The van der Waals surface area contributed by atoms with Gasteiger partial charge in [0.15, 0.2) is 5.96 Å². The van der Waals surface area contributed by atoms with E-state index in [1.807, 2.05) is 19.9 Å². The van der Waals surface area contributed by atoms with Crippen molar-refractivity contribution in [1.82, 2.24) is 16.0 Å². The molecule has 0 aliphatic carbocycles. The van der Waals surface area contributed by atoms with Crippen LogP contribution in [0.15, 0.2) is 35.3 Å². The van der Waals surface area contributed by atoms with E-state index < -0.39 is 0 Å². The Bertz CT molecular complexity index is 457. The molecule has 5 nitrogen and oxygen atoms in total. The van der Waals surface area contributed by atoms with E-state index in [4.69, 9.17) is 0 Å². The van der Waals surface area contributed by atoms with Gasteiger partial charge in [0.2, 0.25) is 5.91 Å². The van der Waals surface area contributed by atoms with Crippen LogP contribution in [0.25, 0.3) is 0 Å². The molecular weight excluding hydrogens is 276 g/mol. The third kappa shape index (κ3) is 8.29. The fraction of sp³-hybridized carbons (Fsp3) is 0.529. The zero-order valence-corrected chi connectivity index (χ0v) is 13.9. The Labute approximate surface area is 133 Å². The summed E-state index contributed by atoms with van der Waals surface area (Å²) < 4.78 is 0. The summed E-state index contributed by atoms with van der Waals surface area (Å²) in [6.07, 6.45) is 2.53. The zero-order chi connectivity index (χ0) is 16.2. The van der Waals surface area contributed by atoms with Crippen molar-refractivity contribution in [3.05, 3.63) is 35.9 Å². The number of nitrogens with one attached hydrogen (secondary N) is 3. The van der Waals surface area contributed by atoms with Crippen LogP contribution in [0.4, 0.5) is 0 Å². The maximum atomic E-state index is 11.5. The fourth-order valence-electron chi connectivity index (χ4n) is 2.05. The molecule has 22 heavy (non-hydrogen) atoms. The van der Waals surface area contributed by atoms with Crippen LogP contribution in [0.5, 0.6) is 0 Å². The van der Waals surface area contributed by atoms with Crippen LogP contribution >= 0.6 is 0 Å². The number of aryl methyl sites for hydroxylation is 1. The molecule has 0 saturated carbocycles. The minimum absolute atomic E-state index is 0.0574. The SMILES string of the molecule is CN=C(NCCCc1ccccc1)NCCC(=O)NC(C)C. The lowest BCUT2D eigenvalue weighted by atomic mass is 10.1. The third-order valence-electron chi connectivity index (χ3n) is 3.10. The lowest BCUT2D eigenvalue weighted by Crippen LogP contribution is -2.40. The molecule has 1 aromatic carbocycles. The number of hydrogen-bond acceptors (Lipinski definition) is 2. The molecule has 3 N–H and O–H groups in total. The number of hydrogen-bond donors (Lipinski definition) is 3. The molecule has 122 valence electrons. The summed E-state index contributed by atoms with van der Waals surface area (Å²) >= 11 is 0. The standard InChI is InChI=1S/C17H28N4O/c1-14(2)21-16(22)11-13-20-17(18-3)19-12-7-10-15-8-5-4-6-9-15/h4-6,8-9,14H,7,10-13H2,1-3H3,(H,21,22)(H2,18,19,20). The second-order valence-electron chi connectivity index (χ2n) is 5.49. The first kappa shape index (κ1) is 18.0. The van der Waals surface area contributed by atoms with Gasteiger partial charge >= 0.3 is 0 Å². The number of amides is 1. The van der Waals surface area contributed by atoms with Gasteiger partial charge in [0.25, 0.3) is 0 Å². The molecule has 1 aromatic rings. The molecule has 0 spiro atoms. The van der Waals surface area contributed by atoms with Gasteiger partial charge in [-0.25, -0.2) is 0 Å². The summed E-state index contributed by atoms with van der Waals surface area (Å²) in [4.78, 5) is 15.7. The van der Waals surface area contributed by atoms with Gasteiger partial charge in [-0.05, 0) is 32.3 Å². The average Bonchev–Trinajstić information content (AvgIpc) is 2.50. The highest BCUT2D eigenvalue weighted by Gasteiger charge is 2.03. The van der Waals surface area contributed by atoms with Crippen LogP contribution in [0.1, 0.15) is 32.3 Å². The summed E-state index contributed by atoms with van der Waals surface area (Å²) in [7, 11) is 1.74. The van der Waals surface area contributed by atoms with Gasteiger partial charge in [0.1, 0.15) is 0 Å². The quantitative estimate of drug-likeness (QED) is 0.389. The van der Waals surface area contributed by atoms with E-state index >= 15 is 0 Å². The van der Waals surface area contributed by atoms with Crippen molar-refractivity contribution in [2.45, 2.75) is 39.2 Å². The number of nitrogens with zero attached hydrogens (tertiary/aromatic N) is 1. The molecule has 0 fully saturated rings. The van der Waals surface area contributed by atoms with E-state index in [1.54, 1.807) is 7.05 Å². The minimum atomic E-state index is 0.0574. The first-order valence-corrected chi connectivity index (χ1v) is 7.89. The number of aliphatic imine (C=N–C) groups is 1. The number of carbonyl (C=O) groups excluding carboxylic acids is 1. The van der Waals surface area contributed by atoms with Crippen LogP contribution in [-0.2, 0) is 11.2 Å². The van der Waals surface area contributed by atoms with Crippen molar-refractivity contribution in [2.75, 3.05) is 20.1 Å². The molecule has 1 amide bonds. The molecule has 0 aliphatic heterocycles. The normalized spacial score (nSPS) is 11.4. The van der Waals surface area contributed by atoms with Crippen molar-refractivity contribution < 1.29 is 4.79 Å². The van der Waals surface area contributed by atoms with Crippen molar-refractivity contribution in [3.63, 3.8) is 0 Å². The molecule has 0 unspecified atom stereocenters. The molecular formula is C17H28N4O. The van der Waals surface area contributed by atoms with Gasteiger partial charge in [-0.2, -0.15) is 0 Å². The Morgan fingerprint density at radius 1 is 1.14 bits per heavy atom. The van der Waals surface area contributed by atoms with Crippen LogP contribution in [-0.4, -0.2) is 38.0 Å². The molecule has 0 bridgehead atoms. The number of carbonyl (C=O) groups is 1. The van der Waals surface area contributed by atoms with E-state index in [0.29, 0.717) is 13.0 Å². The maximum Gasteiger partial charge on any atom is 0.221 e. The highest BCUT2D eigenvalue weighted by atomic mass is 16.1. The highest BCUT2D eigenvalue weighted by molar-refractivity contribution is 5.81. The largest absolute Gasteiger partial charge is 0.356 e. The van der Waals surface area contributed by atoms with Crippen molar-refractivity contribution in [1.29, 1.82) is 0 Å². The zero-order valence-electron chi connectivity index (χ0n) is 13.9. The maximum absolute atomic E-state index is 11.5. The number of benzene rings is 1. The third-order valence-corrected chi connectivity index (χ3v) is 3.10. The van der Waals surface area contributed by atoms with Gasteiger partial charge in [0.05, 0.1) is 0 Å². The van der Waals surface area contributed by atoms with Gasteiger partial charge in [-0.15, -0.1) is 0 Å². The van der Waals surface area contributed by atoms with Gasteiger partial charge < -0.3 is 16.0 Å². The first-order chi connectivity index (χ1) is 10.6. The topological polar surface area (TPSA) is 65.5 Å². The Kier molecular flexibility index (Phi) is 8.72. The van der Waals surface area contributed by atoms with E-state index in [0.717, 1.165) is 25.3 Å². The van der Waals surface area contributed by atoms with E-state index in [1.165, 1.54) is 5.56 Å². The second-order valence-corrected chi connectivity index (χ2v) is 5.49. The number of guanidine groups is 1. The van der Waals surface area contributed by atoms with Crippen molar-refractivity contribution in [3.8, 4) is 0 Å². The summed E-state index contributed by atoms with van der Waals surface area (Å²) in [5.41, 5.74) is 1.35. The van der Waals surface area contributed by atoms with Crippen LogP contribution in [0.3, 0.4) is 0 Å². The highest BCUT2D eigenvalue weighted by Crippen LogP contribution is 2.01. The monoisotopic (exact) mass is 304 g/mol. The molecule has 0 atom stereocenters. The molecule has 0 saturated heterocycles. The first-order valence-electron chi connectivity index (χ1n) is 7.89. The predicted molar refractivity (Wildman–Crippen MR) is 92.0 cm³/mol. The van der Waals surface area contributed by atoms with E-state index in [2.05, 4.69) is 45.2 Å². The van der Waals surface area contributed by atoms with Gasteiger partial charge in [-0.1, -0.05) is 30.3 Å².